The Bertz CT molecular complexity index is 2800. The average Bonchev–Trinajstić information content (AvgIpc) is 3.78. The highest BCUT2D eigenvalue weighted by molar-refractivity contribution is 7.25. The molecule has 3 nitrogen and oxygen atoms in total. The lowest BCUT2D eigenvalue weighted by Crippen LogP contribution is -2.10. The van der Waals surface area contributed by atoms with Crippen LogP contribution in [0.4, 0.5) is 34.1 Å². The standard InChI is InChI=1S/C48H32N2OS/c1-4-13-33(14-5-1)34-23-25-37(26-24-34)49(39-28-30-47-41(31-39)40-19-10-11-22-46(40)52-47)38-27-29-44-42(32-38)48-43(20-12-21-45(48)51-44)50(35-15-6-2-7-16-35)36-17-8-3-9-18-36/h1-32H. The molecule has 0 aliphatic carbocycles. The minimum absolute atomic E-state index is 0.853. The molecule has 0 fully saturated rings. The van der Waals surface area contributed by atoms with Crippen molar-refractivity contribution in [3.05, 3.63) is 194 Å². The summed E-state index contributed by atoms with van der Waals surface area (Å²) in [7, 11) is 0. The van der Waals surface area contributed by atoms with Crippen LogP contribution in [0.25, 0.3) is 53.2 Å². The highest BCUT2D eigenvalue weighted by atomic mass is 32.1. The molecule has 0 aliphatic rings. The molecular weight excluding hydrogens is 653 g/mol. The Balaban J connectivity index is 1.18. The second-order valence-electron chi connectivity index (χ2n) is 13.0. The Morgan fingerprint density at radius 2 is 0.904 bits per heavy atom. The van der Waals surface area contributed by atoms with Gasteiger partial charge in [0.1, 0.15) is 11.2 Å². The zero-order valence-corrected chi connectivity index (χ0v) is 29.0. The molecule has 52 heavy (non-hydrogen) atoms. The van der Waals surface area contributed by atoms with E-state index in [0.717, 1.165) is 56.1 Å². The van der Waals surface area contributed by atoms with Crippen LogP contribution in [-0.4, -0.2) is 0 Å². The molecular formula is C48H32N2OS. The third-order valence-corrected chi connectivity index (χ3v) is 11.0. The summed E-state index contributed by atoms with van der Waals surface area (Å²) >= 11 is 1.84. The van der Waals surface area contributed by atoms with Crippen LogP contribution in [0, 0.1) is 0 Å². The molecule has 0 saturated heterocycles. The summed E-state index contributed by atoms with van der Waals surface area (Å²) in [6.07, 6.45) is 0. The van der Waals surface area contributed by atoms with E-state index < -0.39 is 0 Å². The molecule has 0 amide bonds. The summed E-state index contributed by atoms with van der Waals surface area (Å²) in [5.74, 6) is 0. The first-order valence-corrected chi connectivity index (χ1v) is 18.3. The lowest BCUT2D eigenvalue weighted by molar-refractivity contribution is 0.669. The second-order valence-corrected chi connectivity index (χ2v) is 14.1. The van der Waals surface area contributed by atoms with Gasteiger partial charge in [-0.2, -0.15) is 0 Å². The topological polar surface area (TPSA) is 19.6 Å². The van der Waals surface area contributed by atoms with E-state index in [1.807, 2.05) is 11.3 Å². The van der Waals surface area contributed by atoms with Gasteiger partial charge >= 0.3 is 0 Å². The summed E-state index contributed by atoms with van der Waals surface area (Å²) in [5, 5.41) is 4.69. The molecule has 0 atom stereocenters. The van der Waals surface area contributed by atoms with Gasteiger partial charge < -0.3 is 14.2 Å². The maximum Gasteiger partial charge on any atom is 0.137 e. The van der Waals surface area contributed by atoms with Crippen LogP contribution in [0.1, 0.15) is 0 Å². The van der Waals surface area contributed by atoms with E-state index in [0.29, 0.717) is 0 Å². The predicted octanol–water partition coefficient (Wildman–Crippen LogP) is 14.6. The van der Waals surface area contributed by atoms with Crippen molar-refractivity contribution in [2.45, 2.75) is 0 Å². The van der Waals surface area contributed by atoms with Gasteiger partial charge in [-0.1, -0.05) is 103 Å². The first-order valence-electron chi connectivity index (χ1n) is 17.5. The maximum atomic E-state index is 6.58. The van der Waals surface area contributed by atoms with Crippen molar-refractivity contribution < 1.29 is 4.42 Å². The van der Waals surface area contributed by atoms with Gasteiger partial charge in [0, 0.05) is 54.0 Å². The van der Waals surface area contributed by atoms with Crippen LogP contribution < -0.4 is 9.80 Å². The Morgan fingerprint density at radius 1 is 0.346 bits per heavy atom. The lowest BCUT2D eigenvalue weighted by atomic mass is 10.0. The molecule has 8 aromatic carbocycles. The van der Waals surface area contributed by atoms with E-state index in [9.17, 15) is 0 Å². The first kappa shape index (κ1) is 30.2. The molecule has 0 unspecified atom stereocenters. The number of anilines is 6. The van der Waals surface area contributed by atoms with Gasteiger partial charge in [-0.25, -0.2) is 0 Å². The fraction of sp³-hybridized carbons (Fsp3) is 0. The lowest BCUT2D eigenvalue weighted by Gasteiger charge is -2.27. The number of para-hydroxylation sites is 2. The molecule has 246 valence electrons. The third-order valence-electron chi connectivity index (χ3n) is 9.84. The SMILES string of the molecule is c1ccc(-c2ccc(N(c3ccc4sc5ccccc5c4c3)c3ccc4oc5cccc(N(c6ccccc6)c6ccccc6)c5c4c3)cc2)cc1. The van der Waals surface area contributed by atoms with Gasteiger partial charge in [-0.3, -0.25) is 0 Å². The normalized spacial score (nSPS) is 11.5. The zero-order chi connectivity index (χ0) is 34.4. The van der Waals surface area contributed by atoms with Gasteiger partial charge in [0.05, 0.1) is 11.1 Å². The fourth-order valence-electron chi connectivity index (χ4n) is 7.44. The molecule has 0 aliphatic heterocycles. The summed E-state index contributed by atoms with van der Waals surface area (Å²) in [6, 6.07) is 69.0. The van der Waals surface area contributed by atoms with Crippen molar-refractivity contribution in [2.75, 3.05) is 9.80 Å². The second kappa shape index (κ2) is 12.6. The van der Waals surface area contributed by atoms with Crippen LogP contribution in [-0.2, 0) is 0 Å². The quantitative estimate of drug-likeness (QED) is 0.167. The first-order chi connectivity index (χ1) is 25.8. The summed E-state index contributed by atoms with van der Waals surface area (Å²) < 4.78 is 9.16. The monoisotopic (exact) mass is 684 g/mol. The van der Waals surface area contributed by atoms with E-state index in [1.54, 1.807) is 0 Å². The maximum absolute atomic E-state index is 6.58. The van der Waals surface area contributed by atoms with Crippen LogP contribution in [0.15, 0.2) is 199 Å². The largest absolute Gasteiger partial charge is 0.456 e. The van der Waals surface area contributed by atoms with Crippen LogP contribution in [0.2, 0.25) is 0 Å². The predicted molar refractivity (Wildman–Crippen MR) is 221 cm³/mol. The summed E-state index contributed by atoms with van der Waals surface area (Å²) in [6.45, 7) is 0. The molecule has 0 bridgehead atoms. The van der Waals surface area contributed by atoms with Gasteiger partial charge in [0.25, 0.3) is 0 Å². The number of rotatable bonds is 7. The molecule has 10 rings (SSSR count). The van der Waals surface area contributed by atoms with Gasteiger partial charge in [0.15, 0.2) is 0 Å². The number of hydrogen-bond donors (Lipinski definition) is 0. The third kappa shape index (κ3) is 5.20. The molecule has 10 aromatic rings. The van der Waals surface area contributed by atoms with Crippen LogP contribution in [0.5, 0.6) is 0 Å². The number of furan rings is 1. The van der Waals surface area contributed by atoms with Crippen molar-refractivity contribution in [2.24, 2.45) is 0 Å². The number of hydrogen-bond acceptors (Lipinski definition) is 4. The Labute approximate surface area is 305 Å². The van der Waals surface area contributed by atoms with Crippen molar-refractivity contribution in [1.82, 2.24) is 0 Å². The highest BCUT2D eigenvalue weighted by Crippen LogP contribution is 2.46. The Kier molecular flexibility index (Phi) is 7.33. The van der Waals surface area contributed by atoms with Crippen LogP contribution in [0.3, 0.4) is 0 Å². The summed E-state index contributed by atoms with van der Waals surface area (Å²) in [5.41, 5.74) is 10.6. The number of fused-ring (bicyclic) bond motifs is 6. The van der Waals surface area contributed by atoms with Crippen molar-refractivity contribution >= 4 is 87.6 Å². The van der Waals surface area contributed by atoms with E-state index >= 15 is 0 Å². The van der Waals surface area contributed by atoms with E-state index in [-0.39, 0.29) is 0 Å². The van der Waals surface area contributed by atoms with Gasteiger partial charge in [-0.05, 0) is 102 Å². The van der Waals surface area contributed by atoms with Crippen molar-refractivity contribution in [1.29, 1.82) is 0 Å². The molecule has 0 N–H and O–H groups in total. The molecule has 4 heteroatoms. The number of nitrogens with zero attached hydrogens (tertiary/aromatic N) is 2. The number of thiophene rings is 1. The molecule has 0 saturated carbocycles. The van der Waals surface area contributed by atoms with Crippen LogP contribution >= 0.6 is 11.3 Å². The van der Waals surface area contributed by atoms with E-state index in [2.05, 4.69) is 204 Å². The zero-order valence-electron chi connectivity index (χ0n) is 28.2. The van der Waals surface area contributed by atoms with Gasteiger partial charge in [0.2, 0.25) is 0 Å². The highest BCUT2D eigenvalue weighted by Gasteiger charge is 2.21. The summed E-state index contributed by atoms with van der Waals surface area (Å²) in [4.78, 5) is 4.69. The Hall–Kier alpha value is -6.62. The molecule has 2 aromatic heterocycles. The fourth-order valence-corrected chi connectivity index (χ4v) is 8.52. The minimum Gasteiger partial charge on any atom is -0.456 e. The molecule has 0 spiro atoms. The molecule has 0 radical (unpaired) electrons. The average molecular weight is 685 g/mol. The smallest absolute Gasteiger partial charge is 0.137 e. The van der Waals surface area contributed by atoms with Crippen molar-refractivity contribution in [3.8, 4) is 11.1 Å². The van der Waals surface area contributed by atoms with E-state index in [1.165, 1.54) is 31.3 Å². The van der Waals surface area contributed by atoms with E-state index in [4.69, 9.17) is 4.42 Å². The van der Waals surface area contributed by atoms with Gasteiger partial charge in [-0.15, -0.1) is 11.3 Å². The van der Waals surface area contributed by atoms with Crippen molar-refractivity contribution in [3.63, 3.8) is 0 Å². The molecule has 2 heterocycles. The minimum atomic E-state index is 0.853. The number of benzene rings is 8. The Morgan fingerprint density at radius 3 is 1.63 bits per heavy atom.